The van der Waals surface area contributed by atoms with Crippen molar-refractivity contribution in [3.63, 3.8) is 0 Å². The minimum atomic E-state index is -0.0880. The van der Waals surface area contributed by atoms with Crippen LogP contribution in [-0.4, -0.2) is 12.6 Å². The van der Waals surface area contributed by atoms with E-state index in [1.807, 2.05) is 13.8 Å². The van der Waals surface area contributed by atoms with Crippen LogP contribution in [0.4, 0.5) is 0 Å². The maximum absolute atomic E-state index is 10.4. The predicted molar refractivity (Wildman–Crippen MR) is 31.5 cm³/mol. The standard InChI is InChI=1S/C6H12O2.Nb/c1-3-5-6(7)8-4-2;/h3-5H2,1-2H3;. The van der Waals surface area contributed by atoms with Crippen LogP contribution in [0, 0.1) is 0 Å². The smallest absolute Gasteiger partial charge is 0.305 e. The Morgan fingerprint density at radius 1 is 1.44 bits per heavy atom. The maximum atomic E-state index is 10.4. The van der Waals surface area contributed by atoms with Crippen molar-refractivity contribution in [1.29, 1.82) is 0 Å². The summed E-state index contributed by atoms with van der Waals surface area (Å²) in [5, 5.41) is 0. The zero-order chi connectivity index (χ0) is 6.41. The number of ether oxygens (including phenoxy) is 1. The molecule has 0 atom stereocenters. The predicted octanol–water partition coefficient (Wildman–Crippen LogP) is 1.35. The van der Waals surface area contributed by atoms with Gasteiger partial charge in [-0.25, -0.2) is 0 Å². The largest absolute Gasteiger partial charge is 0.466 e. The van der Waals surface area contributed by atoms with Crippen LogP contribution in [0.25, 0.3) is 0 Å². The summed E-state index contributed by atoms with van der Waals surface area (Å²) < 4.78 is 4.64. The normalized spacial score (nSPS) is 7.78. The molecule has 0 saturated heterocycles. The van der Waals surface area contributed by atoms with Gasteiger partial charge in [-0.2, -0.15) is 0 Å². The number of carbonyl (C=O) groups excluding carboxylic acids is 1. The van der Waals surface area contributed by atoms with E-state index in [1.54, 1.807) is 0 Å². The molecule has 0 aliphatic carbocycles. The molecule has 9 heavy (non-hydrogen) atoms. The van der Waals surface area contributed by atoms with Gasteiger partial charge in [0.1, 0.15) is 0 Å². The van der Waals surface area contributed by atoms with E-state index in [1.165, 1.54) is 0 Å². The van der Waals surface area contributed by atoms with Crippen molar-refractivity contribution in [1.82, 2.24) is 0 Å². The van der Waals surface area contributed by atoms with Crippen molar-refractivity contribution in [3.05, 3.63) is 0 Å². The van der Waals surface area contributed by atoms with Crippen LogP contribution >= 0.6 is 0 Å². The third-order valence-electron chi connectivity index (χ3n) is 0.759. The quantitative estimate of drug-likeness (QED) is 0.518. The second-order valence-electron chi connectivity index (χ2n) is 1.56. The third kappa shape index (κ3) is 8.21. The Balaban J connectivity index is 0. The first-order chi connectivity index (χ1) is 3.81. The number of esters is 1. The molecule has 0 N–H and O–H groups in total. The van der Waals surface area contributed by atoms with E-state index in [0.29, 0.717) is 13.0 Å². The Morgan fingerprint density at radius 3 is 2.33 bits per heavy atom. The molecular formula is C6H12NbO2. The van der Waals surface area contributed by atoms with Crippen molar-refractivity contribution < 1.29 is 31.9 Å². The molecule has 0 unspecified atom stereocenters. The molecule has 0 bridgehead atoms. The average Bonchev–Trinajstić information content (AvgIpc) is 1.68. The molecule has 2 nitrogen and oxygen atoms in total. The molecular weight excluding hydrogens is 197 g/mol. The minimum absolute atomic E-state index is 0. The van der Waals surface area contributed by atoms with Gasteiger partial charge in [0.25, 0.3) is 0 Å². The van der Waals surface area contributed by atoms with Gasteiger partial charge in [-0.15, -0.1) is 0 Å². The second-order valence-corrected chi connectivity index (χ2v) is 1.56. The maximum Gasteiger partial charge on any atom is 0.305 e. The summed E-state index contributed by atoms with van der Waals surface area (Å²) in [7, 11) is 0. The molecule has 0 saturated carbocycles. The van der Waals surface area contributed by atoms with Gasteiger partial charge >= 0.3 is 5.97 Å². The fourth-order valence-corrected chi connectivity index (χ4v) is 0.437. The summed E-state index contributed by atoms with van der Waals surface area (Å²) in [5.41, 5.74) is 0. The summed E-state index contributed by atoms with van der Waals surface area (Å²) in [6.45, 7) is 4.27. The van der Waals surface area contributed by atoms with Crippen molar-refractivity contribution >= 4 is 5.97 Å². The molecule has 0 aromatic heterocycles. The van der Waals surface area contributed by atoms with Gasteiger partial charge in [-0.3, -0.25) is 4.79 Å². The molecule has 0 fully saturated rings. The first-order valence-electron chi connectivity index (χ1n) is 2.96. The van der Waals surface area contributed by atoms with Gasteiger partial charge in [-0.1, -0.05) is 6.92 Å². The fourth-order valence-electron chi connectivity index (χ4n) is 0.437. The average molecular weight is 209 g/mol. The van der Waals surface area contributed by atoms with Gasteiger partial charge in [-0.05, 0) is 13.3 Å². The van der Waals surface area contributed by atoms with Crippen LogP contribution in [0.1, 0.15) is 26.7 Å². The van der Waals surface area contributed by atoms with Gasteiger partial charge in [0, 0.05) is 28.8 Å². The van der Waals surface area contributed by atoms with Gasteiger partial charge in [0.15, 0.2) is 0 Å². The number of hydrogen-bond donors (Lipinski definition) is 0. The van der Waals surface area contributed by atoms with Crippen molar-refractivity contribution in [2.24, 2.45) is 0 Å². The molecule has 0 rings (SSSR count). The van der Waals surface area contributed by atoms with Crippen LogP contribution in [0.15, 0.2) is 0 Å². The molecule has 0 aliphatic heterocycles. The monoisotopic (exact) mass is 209 g/mol. The van der Waals surface area contributed by atoms with Crippen LogP contribution < -0.4 is 0 Å². The molecule has 0 aromatic rings. The summed E-state index contributed by atoms with van der Waals surface area (Å²) in [5.74, 6) is -0.0880. The molecule has 0 aliphatic rings. The Labute approximate surface area is 71.5 Å². The van der Waals surface area contributed by atoms with Crippen LogP contribution in [0.5, 0.6) is 0 Å². The van der Waals surface area contributed by atoms with E-state index in [9.17, 15) is 4.79 Å². The first-order valence-corrected chi connectivity index (χ1v) is 2.96. The zero-order valence-corrected chi connectivity index (χ0v) is 8.08. The summed E-state index contributed by atoms with van der Waals surface area (Å²) in [6, 6.07) is 0. The van der Waals surface area contributed by atoms with E-state index >= 15 is 0 Å². The van der Waals surface area contributed by atoms with E-state index in [-0.39, 0.29) is 28.3 Å². The van der Waals surface area contributed by atoms with E-state index < -0.39 is 0 Å². The summed E-state index contributed by atoms with van der Waals surface area (Å²) in [6.07, 6.45) is 1.42. The Hall–Kier alpha value is 0.210. The molecule has 1 radical (unpaired) electrons. The molecule has 0 aromatic carbocycles. The van der Waals surface area contributed by atoms with Crippen LogP contribution in [0.2, 0.25) is 0 Å². The van der Waals surface area contributed by atoms with Gasteiger partial charge in [0.05, 0.1) is 6.61 Å². The van der Waals surface area contributed by atoms with Crippen LogP contribution in [-0.2, 0) is 31.9 Å². The molecule has 3 heteroatoms. The molecule has 0 amide bonds. The van der Waals surface area contributed by atoms with Crippen molar-refractivity contribution in [2.45, 2.75) is 26.7 Å². The van der Waals surface area contributed by atoms with Crippen molar-refractivity contribution in [2.75, 3.05) is 6.61 Å². The SMILES string of the molecule is CCCC(=O)OCC.[Nb]. The molecule has 0 heterocycles. The fraction of sp³-hybridized carbons (Fsp3) is 0.833. The zero-order valence-electron chi connectivity index (χ0n) is 5.89. The number of hydrogen-bond acceptors (Lipinski definition) is 2. The van der Waals surface area contributed by atoms with Gasteiger partial charge in [0.2, 0.25) is 0 Å². The van der Waals surface area contributed by atoms with Crippen molar-refractivity contribution in [3.8, 4) is 0 Å². The Kier molecular flexibility index (Phi) is 10.9. The minimum Gasteiger partial charge on any atom is -0.466 e. The number of rotatable bonds is 3. The summed E-state index contributed by atoms with van der Waals surface area (Å²) in [4.78, 5) is 10.4. The van der Waals surface area contributed by atoms with E-state index in [0.717, 1.165) is 6.42 Å². The first kappa shape index (κ1) is 11.9. The Morgan fingerprint density at radius 2 is 2.00 bits per heavy atom. The van der Waals surface area contributed by atoms with Gasteiger partial charge < -0.3 is 4.74 Å². The van der Waals surface area contributed by atoms with E-state index in [2.05, 4.69) is 4.74 Å². The summed E-state index contributed by atoms with van der Waals surface area (Å²) >= 11 is 0. The Bertz CT molecular complexity index is 65.5. The second kappa shape index (κ2) is 8.21. The topological polar surface area (TPSA) is 26.3 Å². The molecule has 0 spiro atoms. The van der Waals surface area contributed by atoms with E-state index in [4.69, 9.17) is 0 Å². The van der Waals surface area contributed by atoms with Crippen LogP contribution in [0.3, 0.4) is 0 Å². The molecule has 53 valence electrons. The number of carbonyl (C=O) groups is 1. The third-order valence-corrected chi connectivity index (χ3v) is 0.759.